The van der Waals surface area contributed by atoms with Crippen LogP contribution in [0.2, 0.25) is 0 Å². The molecule has 3 N–H and O–H groups in total. The Kier molecular flexibility index (Phi) is 4.70. The molecule has 102 valence electrons. The van der Waals surface area contributed by atoms with E-state index in [1.165, 1.54) is 5.56 Å². The summed E-state index contributed by atoms with van der Waals surface area (Å²) in [5, 5.41) is 6.58. The average molecular weight is 277 g/mol. The average Bonchev–Trinajstić information content (AvgIpc) is 2.71. The number of nitrogens with zero attached hydrogens (tertiary/aromatic N) is 3. The van der Waals surface area contributed by atoms with Crippen LogP contribution in [-0.2, 0) is 13.1 Å². The third-order valence-corrected chi connectivity index (χ3v) is 3.32. The molecule has 1 aromatic heterocycles. The summed E-state index contributed by atoms with van der Waals surface area (Å²) >= 11 is 5.11. The number of nitrogen functional groups attached to an aromatic ring is 1. The van der Waals surface area contributed by atoms with Crippen LogP contribution < -0.4 is 5.73 Å². The molecule has 0 atom stereocenters. The highest BCUT2D eigenvalue weighted by atomic mass is 32.1. The number of anilines is 1. The number of benzene rings is 1. The van der Waals surface area contributed by atoms with Gasteiger partial charge in [-0.15, -0.1) is 5.10 Å². The van der Waals surface area contributed by atoms with Crippen molar-refractivity contribution in [1.82, 2.24) is 19.7 Å². The van der Waals surface area contributed by atoms with Crippen LogP contribution in [0.4, 0.5) is 5.95 Å². The van der Waals surface area contributed by atoms with Crippen LogP contribution in [0.25, 0.3) is 0 Å². The van der Waals surface area contributed by atoms with Gasteiger partial charge in [0.2, 0.25) is 5.95 Å². The second kappa shape index (κ2) is 6.49. The van der Waals surface area contributed by atoms with Gasteiger partial charge in [0.1, 0.15) is 0 Å². The van der Waals surface area contributed by atoms with Gasteiger partial charge in [-0.1, -0.05) is 30.3 Å². The molecule has 19 heavy (non-hydrogen) atoms. The van der Waals surface area contributed by atoms with E-state index >= 15 is 0 Å². The summed E-state index contributed by atoms with van der Waals surface area (Å²) in [6.45, 7) is 2.73. The minimum atomic E-state index is 0.454. The second-order valence-electron chi connectivity index (χ2n) is 4.62. The fraction of sp³-hybridized carbons (Fsp3) is 0.385. The monoisotopic (exact) mass is 277 g/mol. The third-order valence-electron chi connectivity index (χ3n) is 3.00. The van der Waals surface area contributed by atoms with Gasteiger partial charge in [-0.3, -0.25) is 4.57 Å². The van der Waals surface area contributed by atoms with Gasteiger partial charge in [0.25, 0.3) is 0 Å². The zero-order valence-electron chi connectivity index (χ0n) is 11.0. The van der Waals surface area contributed by atoms with Crippen LogP contribution in [0, 0.1) is 4.77 Å². The molecule has 0 spiro atoms. The first-order chi connectivity index (χ1) is 9.16. The van der Waals surface area contributed by atoms with E-state index in [0.29, 0.717) is 10.7 Å². The largest absolute Gasteiger partial charge is 0.368 e. The van der Waals surface area contributed by atoms with Crippen molar-refractivity contribution in [3.63, 3.8) is 0 Å². The fourth-order valence-electron chi connectivity index (χ4n) is 2.02. The van der Waals surface area contributed by atoms with Crippen LogP contribution in [0.3, 0.4) is 0 Å². The van der Waals surface area contributed by atoms with E-state index in [1.54, 1.807) is 0 Å². The fourth-order valence-corrected chi connectivity index (χ4v) is 2.25. The predicted molar refractivity (Wildman–Crippen MR) is 79.2 cm³/mol. The lowest BCUT2D eigenvalue weighted by atomic mass is 10.2. The topological polar surface area (TPSA) is 62.9 Å². The molecular weight excluding hydrogens is 258 g/mol. The second-order valence-corrected chi connectivity index (χ2v) is 5.00. The van der Waals surface area contributed by atoms with Crippen LogP contribution in [0.15, 0.2) is 30.3 Å². The summed E-state index contributed by atoms with van der Waals surface area (Å²) in [6, 6.07) is 10.4. The standard InChI is InChI=1S/C13H19N5S/c1-17(10-11-6-3-2-4-7-11)8-5-9-18-12(14)15-16-13(18)19/h2-4,6-7H,5,8-10H2,1H3,(H2,14,15)(H,16,19). The molecule has 0 saturated heterocycles. The summed E-state index contributed by atoms with van der Waals surface area (Å²) in [5.41, 5.74) is 7.05. The molecular formula is C13H19N5S. The van der Waals surface area contributed by atoms with Crippen molar-refractivity contribution in [2.24, 2.45) is 0 Å². The van der Waals surface area contributed by atoms with Gasteiger partial charge in [-0.25, -0.2) is 5.10 Å². The van der Waals surface area contributed by atoms with Crippen LogP contribution in [0.5, 0.6) is 0 Å². The van der Waals surface area contributed by atoms with E-state index < -0.39 is 0 Å². The van der Waals surface area contributed by atoms with Gasteiger partial charge in [0, 0.05) is 13.1 Å². The number of aromatic amines is 1. The molecule has 0 fully saturated rings. The third kappa shape index (κ3) is 3.90. The van der Waals surface area contributed by atoms with Gasteiger partial charge in [0.05, 0.1) is 0 Å². The Morgan fingerprint density at radius 2 is 2.11 bits per heavy atom. The smallest absolute Gasteiger partial charge is 0.220 e. The highest BCUT2D eigenvalue weighted by Gasteiger charge is 2.03. The van der Waals surface area contributed by atoms with E-state index in [9.17, 15) is 0 Å². The minimum absolute atomic E-state index is 0.454. The normalized spacial score (nSPS) is 11.1. The zero-order valence-corrected chi connectivity index (χ0v) is 11.9. The van der Waals surface area contributed by atoms with E-state index in [4.69, 9.17) is 18.0 Å². The number of hydrogen-bond acceptors (Lipinski definition) is 4. The number of nitrogens with one attached hydrogen (secondary N) is 1. The number of rotatable bonds is 6. The van der Waals surface area contributed by atoms with Crippen LogP contribution in [0.1, 0.15) is 12.0 Å². The first kappa shape index (κ1) is 13.8. The first-order valence-corrected chi connectivity index (χ1v) is 6.71. The molecule has 0 amide bonds. The van der Waals surface area contributed by atoms with E-state index in [1.807, 2.05) is 10.6 Å². The molecule has 0 saturated carbocycles. The number of nitrogens with two attached hydrogens (primary N) is 1. The summed E-state index contributed by atoms with van der Waals surface area (Å²) in [4.78, 5) is 2.29. The number of hydrogen-bond donors (Lipinski definition) is 2. The van der Waals surface area contributed by atoms with Crippen molar-refractivity contribution >= 4 is 18.2 Å². The molecule has 0 aliphatic rings. The molecule has 0 unspecified atom stereocenters. The maximum absolute atomic E-state index is 5.72. The Balaban J connectivity index is 1.78. The molecule has 6 heteroatoms. The van der Waals surface area contributed by atoms with Crippen molar-refractivity contribution in [3.05, 3.63) is 40.7 Å². The Bertz CT molecular complexity index is 560. The Labute approximate surface area is 118 Å². The maximum Gasteiger partial charge on any atom is 0.220 e. The molecule has 0 aliphatic carbocycles. The summed E-state index contributed by atoms with van der Waals surface area (Å²) in [5.74, 6) is 0.454. The van der Waals surface area contributed by atoms with E-state index in [-0.39, 0.29) is 0 Å². The lowest BCUT2D eigenvalue weighted by molar-refractivity contribution is 0.314. The van der Waals surface area contributed by atoms with E-state index in [2.05, 4.69) is 46.4 Å². The Morgan fingerprint density at radius 1 is 1.37 bits per heavy atom. The Morgan fingerprint density at radius 3 is 2.74 bits per heavy atom. The van der Waals surface area contributed by atoms with Crippen molar-refractivity contribution in [2.45, 2.75) is 19.5 Å². The molecule has 5 nitrogen and oxygen atoms in total. The molecule has 2 aromatic rings. The first-order valence-electron chi connectivity index (χ1n) is 6.30. The van der Waals surface area contributed by atoms with Crippen molar-refractivity contribution in [1.29, 1.82) is 0 Å². The molecule has 2 rings (SSSR count). The van der Waals surface area contributed by atoms with E-state index in [0.717, 1.165) is 26.1 Å². The van der Waals surface area contributed by atoms with Crippen LogP contribution >= 0.6 is 12.2 Å². The minimum Gasteiger partial charge on any atom is -0.368 e. The van der Waals surface area contributed by atoms with Gasteiger partial charge in [-0.05, 0) is 37.8 Å². The van der Waals surface area contributed by atoms with Gasteiger partial charge >= 0.3 is 0 Å². The molecule has 0 bridgehead atoms. The van der Waals surface area contributed by atoms with Gasteiger partial charge < -0.3 is 10.6 Å². The zero-order chi connectivity index (χ0) is 13.7. The summed E-state index contributed by atoms with van der Waals surface area (Å²) in [6.07, 6.45) is 0.987. The molecule has 1 heterocycles. The van der Waals surface area contributed by atoms with Crippen molar-refractivity contribution < 1.29 is 0 Å². The maximum atomic E-state index is 5.72. The lowest BCUT2D eigenvalue weighted by Gasteiger charge is -2.16. The molecule has 0 radical (unpaired) electrons. The number of H-pyrrole nitrogens is 1. The number of aromatic nitrogens is 3. The molecule has 1 aromatic carbocycles. The SMILES string of the molecule is CN(CCCn1c(N)n[nH]c1=S)Cc1ccccc1. The van der Waals surface area contributed by atoms with Gasteiger partial charge in [0.15, 0.2) is 4.77 Å². The van der Waals surface area contributed by atoms with Crippen molar-refractivity contribution in [3.8, 4) is 0 Å². The predicted octanol–water partition coefficient (Wildman–Crippen LogP) is 2.04. The lowest BCUT2D eigenvalue weighted by Crippen LogP contribution is -2.20. The summed E-state index contributed by atoms with van der Waals surface area (Å²) in [7, 11) is 2.12. The van der Waals surface area contributed by atoms with Gasteiger partial charge in [-0.2, -0.15) is 0 Å². The summed E-state index contributed by atoms with van der Waals surface area (Å²) < 4.78 is 2.41. The van der Waals surface area contributed by atoms with Crippen LogP contribution in [-0.4, -0.2) is 33.3 Å². The Hall–Kier alpha value is -1.66. The molecule has 0 aliphatic heterocycles. The highest BCUT2D eigenvalue weighted by Crippen LogP contribution is 2.05. The van der Waals surface area contributed by atoms with Crippen molar-refractivity contribution in [2.75, 3.05) is 19.3 Å². The quantitative estimate of drug-likeness (QED) is 0.793. The highest BCUT2D eigenvalue weighted by molar-refractivity contribution is 7.71.